The van der Waals surface area contributed by atoms with Crippen molar-refractivity contribution in [3.63, 3.8) is 0 Å². The molecule has 2 heteroatoms. The van der Waals surface area contributed by atoms with Crippen LogP contribution >= 0.6 is 0 Å². The molecule has 1 N–H and O–H groups in total. The predicted molar refractivity (Wildman–Crippen MR) is 89.2 cm³/mol. The van der Waals surface area contributed by atoms with E-state index >= 15 is 0 Å². The van der Waals surface area contributed by atoms with Crippen LogP contribution in [0.3, 0.4) is 0 Å². The molecule has 1 aromatic carbocycles. The fraction of sp³-hybridized carbons (Fsp3) is 0.667. The highest BCUT2D eigenvalue weighted by Crippen LogP contribution is 2.22. The Labute approximate surface area is 125 Å². The average Bonchev–Trinajstić information content (AvgIpc) is 2.45. The Hall–Kier alpha value is -0.860. The highest BCUT2D eigenvalue weighted by atomic mass is 15.2. The molecule has 2 unspecified atom stereocenters. The zero-order valence-corrected chi connectivity index (χ0v) is 14.1. The second kappa shape index (κ2) is 8.43. The fourth-order valence-corrected chi connectivity index (χ4v) is 2.91. The van der Waals surface area contributed by atoms with Gasteiger partial charge in [0.15, 0.2) is 0 Å². The Morgan fingerprint density at radius 3 is 2.05 bits per heavy atom. The van der Waals surface area contributed by atoms with E-state index in [0.29, 0.717) is 18.0 Å². The lowest BCUT2D eigenvalue weighted by molar-refractivity contribution is 0.162. The van der Waals surface area contributed by atoms with Gasteiger partial charge in [-0.2, -0.15) is 0 Å². The molecule has 20 heavy (non-hydrogen) atoms. The molecule has 1 aromatic rings. The maximum atomic E-state index is 3.50. The van der Waals surface area contributed by atoms with E-state index in [1.165, 1.54) is 11.1 Å². The normalized spacial score (nSPS) is 14.8. The average molecular weight is 276 g/mol. The third-order valence-corrected chi connectivity index (χ3v) is 4.12. The Morgan fingerprint density at radius 2 is 1.65 bits per heavy atom. The number of nitrogens with zero attached hydrogens (tertiary/aromatic N) is 1. The first-order valence-electron chi connectivity index (χ1n) is 8.03. The largest absolute Gasteiger partial charge is 0.312 e. The SMILES string of the molecule is CCc1ccc(C(NC)C(C)N(CC)CC(C)C)cc1. The van der Waals surface area contributed by atoms with Gasteiger partial charge in [-0.25, -0.2) is 0 Å². The summed E-state index contributed by atoms with van der Waals surface area (Å²) in [6.07, 6.45) is 1.11. The summed E-state index contributed by atoms with van der Waals surface area (Å²) in [6.45, 7) is 13.6. The van der Waals surface area contributed by atoms with Crippen LogP contribution in [-0.2, 0) is 6.42 Å². The summed E-state index contributed by atoms with van der Waals surface area (Å²) in [5.41, 5.74) is 2.80. The van der Waals surface area contributed by atoms with Gasteiger partial charge in [-0.05, 0) is 44.0 Å². The van der Waals surface area contributed by atoms with Crippen LogP contribution in [0.2, 0.25) is 0 Å². The van der Waals surface area contributed by atoms with Crippen molar-refractivity contribution in [2.24, 2.45) is 5.92 Å². The van der Waals surface area contributed by atoms with Crippen LogP contribution < -0.4 is 5.32 Å². The van der Waals surface area contributed by atoms with Crippen LogP contribution in [0.1, 0.15) is 51.8 Å². The standard InChI is InChI=1S/C18H32N2/c1-7-16-9-11-17(12-10-16)18(19-6)15(5)20(8-2)13-14(3)4/h9-12,14-15,18-19H,7-8,13H2,1-6H3. The molecule has 1 rings (SSSR count). The van der Waals surface area contributed by atoms with E-state index in [2.05, 4.69) is 76.1 Å². The minimum absolute atomic E-state index is 0.389. The highest BCUT2D eigenvalue weighted by molar-refractivity contribution is 5.26. The molecule has 0 bridgehead atoms. The van der Waals surface area contributed by atoms with Gasteiger partial charge in [-0.3, -0.25) is 4.90 Å². The minimum Gasteiger partial charge on any atom is -0.312 e. The van der Waals surface area contributed by atoms with E-state index in [1.54, 1.807) is 0 Å². The maximum absolute atomic E-state index is 3.50. The molecule has 0 aromatic heterocycles. The molecule has 0 fully saturated rings. The first-order chi connectivity index (χ1) is 9.53. The summed E-state index contributed by atoms with van der Waals surface area (Å²) in [5.74, 6) is 0.706. The third kappa shape index (κ3) is 4.60. The van der Waals surface area contributed by atoms with Gasteiger partial charge in [0, 0.05) is 18.6 Å². The third-order valence-electron chi connectivity index (χ3n) is 4.12. The van der Waals surface area contributed by atoms with Crippen LogP contribution in [0.5, 0.6) is 0 Å². The summed E-state index contributed by atoms with van der Waals surface area (Å²) in [7, 11) is 2.07. The van der Waals surface area contributed by atoms with Crippen LogP contribution in [0.25, 0.3) is 0 Å². The second-order valence-corrected chi connectivity index (χ2v) is 6.08. The summed E-state index contributed by atoms with van der Waals surface area (Å²) in [4.78, 5) is 2.57. The molecule has 0 heterocycles. The van der Waals surface area contributed by atoms with E-state index in [9.17, 15) is 0 Å². The van der Waals surface area contributed by atoms with Gasteiger partial charge in [-0.1, -0.05) is 52.0 Å². The Bertz CT molecular complexity index is 370. The van der Waals surface area contributed by atoms with Gasteiger partial charge in [0.05, 0.1) is 0 Å². The lowest BCUT2D eigenvalue weighted by Gasteiger charge is -2.35. The van der Waals surface area contributed by atoms with Crippen molar-refractivity contribution < 1.29 is 0 Å². The van der Waals surface area contributed by atoms with Crippen molar-refractivity contribution in [3.05, 3.63) is 35.4 Å². The number of rotatable bonds is 8. The van der Waals surface area contributed by atoms with Crippen LogP contribution in [0, 0.1) is 5.92 Å². The van der Waals surface area contributed by atoms with E-state index in [1.807, 2.05) is 0 Å². The molecule has 0 saturated heterocycles. The van der Waals surface area contributed by atoms with Gasteiger partial charge in [0.25, 0.3) is 0 Å². The first-order valence-corrected chi connectivity index (χ1v) is 8.03. The molecule has 114 valence electrons. The monoisotopic (exact) mass is 276 g/mol. The highest BCUT2D eigenvalue weighted by Gasteiger charge is 2.23. The predicted octanol–water partition coefficient (Wildman–Crippen LogP) is 3.88. The summed E-state index contributed by atoms with van der Waals surface area (Å²) in [6, 6.07) is 9.95. The minimum atomic E-state index is 0.389. The number of aryl methyl sites for hydroxylation is 1. The lowest BCUT2D eigenvalue weighted by atomic mass is 9.97. The molecule has 0 aliphatic heterocycles. The van der Waals surface area contributed by atoms with Crippen molar-refractivity contribution >= 4 is 0 Å². The van der Waals surface area contributed by atoms with Crippen molar-refractivity contribution in [2.75, 3.05) is 20.1 Å². The summed E-state index contributed by atoms with van der Waals surface area (Å²) in [5, 5.41) is 3.50. The smallest absolute Gasteiger partial charge is 0.0473 e. The van der Waals surface area contributed by atoms with Crippen LogP contribution in [0.15, 0.2) is 24.3 Å². The van der Waals surface area contributed by atoms with E-state index in [0.717, 1.165) is 19.5 Å². The van der Waals surface area contributed by atoms with Gasteiger partial charge in [0.2, 0.25) is 0 Å². The molecule has 0 spiro atoms. The summed E-state index contributed by atoms with van der Waals surface area (Å²) < 4.78 is 0. The molecule has 0 saturated carbocycles. The number of hydrogen-bond donors (Lipinski definition) is 1. The molecule has 0 radical (unpaired) electrons. The zero-order valence-electron chi connectivity index (χ0n) is 14.1. The molecular weight excluding hydrogens is 244 g/mol. The van der Waals surface area contributed by atoms with Crippen molar-refractivity contribution in [1.82, 2.24) is 10.2 Å². The Kier molecular flexibility index (Phi) is 7.25. The Balaban J connectivity index is 2.86. The van der Waals surface area contributed by atoms with Gasteiger partial charge in [0.1, 0.15) is 0 Å². The lowest BCUT2D eigenvalue weighted by Crippen LogP contribution is -2.43. The van der Waals surface area contributed by atoms with Gasteiger partial charge in [-0.15, -0.1) is 0 Å². The van der Waals surface area contributed by atoms with E-state index < -0.39 is 0 Å². The topological polar surface area (TPSA) is 15.3 Å². The van der Waals surface area contributed by atoms with Crippen molar-refractivity contribution in [1.29, 1.82) is 0 Å². The number of hydrogen-bond acceptors (Lipinski definition) is 2. The van der Waals surface area contributed by atoms with Gasteiger partial charge >= 0.3 is 0 Å². The second-order valence-electron chi connectivity index (χ2n) is 6.08. The van der Waals surface area contributed by atoms with Crippen molar-refractivity contribution in [3.8, 4) is 0 Å². The number of benzene rings is 1. The van der Waals surface area contributed by atoms with Crippen molar-refractivity contribution in [2.45, 2.75) is 53.1 Å². The molecular formula is C18H32N2. The molecule has 0 aliphatic rings. The quantitative estimate of drug-likeness (QED) is 0.775. The Morgan fingerprint density at radius 1 is 1.05 bits per heavy atom. The maximum Gasteiger partial charge on any atom is 0.0473 e. The fourth-order valence-electron chi connectivity index (χ4n) is 2.91. The number of likely N-dealkylation sites (N-methyl/N-ethyl adjacent to an activating group) is 2. The van der Waals surface area contributed by atoms with Crippen LogP contribution in [-0.4, -0.2) is 31.1 Å². The molecule has 0 amide bonds. The van der Waals surface area contributed by atoms with E-state index in [-0.39, 0.29) is 0 Å². The molecule has 2 nitrogen and oxygen atoms in total. The molecule has 0 aliphatic carbocycles. The zero-order chi connectivity index (χ0) is 15.1. The van der Waals surface area contributed by atoms with Crippen LogP contribution in [0.4, 0.5) is 0 Å². The first kappa shape index (κ1) is 17.2. The number of nitrogens with one attached hydrogen (secondary N) is 1. The van der Waals surface area contributed by atoms with E-state index in [4.69, 9.17) is 0 Å². The summed E-state index contributed by atoms with van der Waals surface area (Å²) >= 11 is 0. The molecule has 2 atom stereocenters. The van der Waals surface area contributed by atoms with Gasteiger partial charge < -0.3 is 5.32 Å².